The van der Waals surface area contributed by atoms with Crippen molar-refractivity contribution in [2.24, 2.45) is 0 Å². The number of benzene rings is 1. The van der Waals surface area contributed by atoms with Crippen LogP contribution in [-0.4, -0.2) is 19.9 Å². The van der Waals surface area contributed by atoms with E-state index in [1.807, 2.05) is 36.4 Å². The standard InChI is InChI=1S/C11H9BrO2S/c12-11(10(13)14)7-6-9(15-11)8-4-2-1-3-5-8/h1-7,10,13H/p+1. The maximum atomic E-state index is 11.2. The minimum Gasteiger partial charge on any atom is -0.783 e. The number of hydrogen-bond acceptors (Lipinski definition) is 1. The first-order valence-corrected chi connectivity index (χ1v) is 6.09. The molecule has 2 unspecified atom stereocenters. The zero-order chi connectivity index (χ0) is 10.9. The van der Waals surface area contributed by atoms with Crippen LogP contribution in [0.2, 0.25) is 0 Å². The summed E-state index contributed by atoms with van der Waals surface area (Å²) in [5.74, 6) is 0. The molecule has 0 saturated heterocycles. The first-order valence-electron chi connectivity index (χ1n) is 4.48. The van der Waals surface area contributed by atoms with E-state index in [1.54, 1.807) is 6.08 Å². The zero-order valence-corrected chi connectivity index (χ0v) is 10.2. The Morgan fingerprint density at radius 1 is 1.33 bits per heavy atom. The van der Waals surface area contributed by atoms with Gasteiger partial charge in [0.05, 0.1) is 0 Å². The fourth-order valence-electron chi connectivity index (χ4n) is 1.32. The summed E-state index contributed by atoms with van der Waals surface area (Å²) in [5.41, 5.74) is 1.08. The molecule has 78 valence electrons. The minimum atomic E-state index is -1.42. The van der Waals surface area contributed by atoms with Crippen LogP contribution in [0.4, 0.5) is 0 Å². The van der Waals surface area contributed by atoms with E-state index in [0.717, 1.165) is 10.4 Å². The third-order valence-corrected chi connectivity index (χ3v) is 4.56. The molecule has 0 bridgehead atoms. The van der Waals surface area contributed by atoms with Crippen LogP contribution >= 0.6 is 15.9 Å². The highest BCUT2D eigenvalue weighted by Crippen LogP contribution is 2.27. The Morgan fingerprint density at radius 2 is 2.00 bits per heavy atom. The van der Waals surface area contributed by atoms with Gasteiger partial charge in [-0.2, -0.15) is 0 Å². The van der Waals surface area contributed by atoms with Crippen LogP contribution in [0.3, 0.4) is 0 Å². The van der Waals surface area contributed by atoms with Gasteiger partial charge in [0.2, 0.25) is 16.2 Å². The smallest absolute Gasteiger partial charge is 0.321 e. The average Bonchev–Trinajstić information content (AvgIpc) is 2.64. The van der Waals surface area contributed by atoms with Crippen molar-refractivity contribution in [3.63, 3.8) is 0 Å². The Bertz CT molecular complexity index is 414. The lowest BCUT2D eigenvalue weighted by molar-refractivity contribution is -0.480. The van der Waals surface area contributed by atoms with Crippen LogP contribution in [0.25, 0.3) is 0 Å². The molecule has 0 radical (unpaired) electrons. The van der Waals surface area contributed by atoms with Crippen molar-refractivity contribution in [2.75, 3.05) is 0 Å². The number of allylic oxidation sites excluding steroid dienone is 1. The van der Waals surface area contributed by atoms with Crippen molar-refractivity contribution >= 4 is 32.1 Å². The molecule has 0 aliphatic carbocycles. The first-order chi connectivity index (χ1) is 7.12. The van der Waals surface area contributed by atoms with E-state index in [4.69, 9.17) is 5.11 Å². The van der Waals surface area contributed by atoms with Crippen LogP contribution < -0.4 is 5.11 Å². The van der Waals surface area contributed by atoms with Crippen molar-refractivity contribution in [1.82, 2.24) is 0 Å². The van der Waals surface area contributed by atoms with Gasteiger partial charge in [-0.05, 0) is 28.1 Å². The molecular weight excluding hydrogens is 276 g/mol. The Hall–Kier alpha value is -0.550. The van der Waals surface area contributed by atoms with Crippen LogP contribution in [0.1, 0.15) is 5.56 Å². The second kappa shape index (κ2) is 4.14. The third kappa shape index (κ3) is 2.18. The summed E-state index contributed by atoms with van der Waals surface area (Å²) >= 11 is 4.70. The van der Waals surface area contributed by atoms with Gasteiger partial charge in [-0.3, -0.25) is 0 Å². The molecule has 0 spiro atoms. The van der Waals surface area contributed by atoms with E-state index < -0.39 is 9.95 Å². The largest absolute Gasteiger partial charge is 0.783 e. The van der Waals surface area contributed by atoms with Gasteiger partial charge in [-0.15, -0.1) is 0 Å². The average molecular weight is 286 g/mol. The molecule has 0 amide bonds. The third-order valence-electron chi connectivity index (χ3n) is 2.14. The van der Waals surface area contributed by atoms with E-state index in [0.29, 0.717) is 0 Å². The van der Waals surface area contributed by atoms with Gasteiger partial charge in [-0.25, -0.2) is 0 Å². The number of hydrogen-bond donors (Lipinski definition) is 0. The van der Waals surface area contributed by atoms with Crippen molar-refractivity contribution in [1.29, 1.82) is 0 Å². The number of alkyl halides is 1. The monoisotopic (exact) mass is 285 g/mol. The number of rotatable bonds is 2. The molecule has 2 atom stereocenters. The van der Waals surface area contributed by atoms with Crippen molar-refractivity contribution < 1.29 is 10.2 Å². The second-order valence-electron chi connectivity index (χ2n) is 3.24. The summed E-state index contributed by atoms with van der Waals surface area (Å²) in [6.45, 7) is 0. The molecule has 2 nitrogen and oxygen atoms in total. The molecule has 1 aliphatic heterocycles. The topological polar surface area (TPSA) is 46.0 Å². The van der Waals surface area contributed by atoms with Crippen molar-refractivity contribution in [3.8, 4) is 0 Å². The first kappa shape index (κ1) is 11.0. The van der Waals surface area contributed by atoms with Crippen molar-refractivity contribution in [2.45, 2.75) is 9.95 Å². The summed E-state index contributed by atoms with van der Waals surface area (Å²) in [6.07, 6.45) is 2.23. The van der Waals surface area contributed by atoms with E-state index in [-0.39, 0.29) is 0 Å². The minimum absolute atomic E-state index is 0.807. The maximum Gasteiger partial charge on any atom is 0.321 e. The van der Waals surface area contributed by atoms with E-state index in [1.165, 1.54) is 11.4 Å². The van der Waals surface area contributed by atoms with Gasteiger partial charge in [-0.1, -0.05) is 18.2 Å². The summed E-state index contributed by atoms with van der Waals surface area (Å²) in [7, 11) is 0. The lowest BCUT2D eigenvalue weighted by Crippen LogP contribution is -2.43. The second-order valence-corrected chi connectivity index (χ2v) is 6.40. The van der Waals surface area contributed by atoms with Gasteiger partial charge in [0.1, 0.15) is 0 Å². The molecule has 1 aromatic carbocycles. The molecule has 0 saturated carbocycles. The zero-order valence-electron chi connectivity index (χ0n) is 7.81. The van der Waals surface area contributed by atoms with Crippen molar-refractivity contribution in [3.05, 3.63) is 48.0 Å². The lowest BCUT2D eigenvalue weighted by atomic mass is 10.1. The molecule has 1 aliphatic rings. The summed E-state index contributed by atoms with van der Waals surface area (Å²) in [5, 5.41) is 18.4. The van der Waals surface area contributed by atoms with Gasteiger partial charge >= 0.3 is 3.66 Å². The summed E-state index contributed by atoms with van der Waals surface area (Å²) < 4.78 is -0.807. The molecular formula is C11H10BrO2S+. The fourth-order valence-corrected chi connectivity index (χ4v) is 2.95. The lowest BCUT2D eigenvalue weighted by Gasteiger charge is -2.14. The van der Waals surface area contributed by atoms with E-state index >= 15 is 0 Å². The predicted molar refractivity (Wildman–Crippen MR) is 66.1 cm³/mol. The molecule has 0 fully saturated rings. The predicted octanol–water partition coefficient (Wildman–Crippen LogP) is 0.362. The highest BCUT2D eigenvalue weighted by atomic mass is 79.9. The highest BCUT2D eigenvalue weighted by molar-refractivity contribution is 9.11. The quantitative estimate of drug-likeness (QED) is 0.335. The Kier molecular flexibility index (Phi) is 3.02. The Balaban J connectivity index is 2.33. The summed E-state index contributed by atoms with van der Waals surface area (Å²) in [4.78, 5) is 1.03. The molecule has 1 heterocycles. The van der Waals surface area contributed by atoms with Gasteiger partial charge < -0.3 is 10.2 Å². The van der Waals surface area contributed by atoms with E-state index in [2.05, 4.69) is 15.9 Å². The summed E-state index contributed by atoms with van der Waals surface area (Å²) in [6, 6.07) is 9.86. The molecule has 0 aromatic heterocycles. The molecule has 15 heavy (non-hydrogen) atoms. The van der Waals surface area contributed by atoms with Crippen LogP contribution in [0.5, 0.6) is 0 Å². The van der Waals surface area contributed by atoms with Crippen LogP contribution in [0.15, 0.2) is 42.5 Å². The Morgan fingerprint density at radius 3 is 2.53 bits per heavy atom. The normalized spacial score (nSPS) is 26.5. The van der Waals surface area contributed by atoms with Crippen LogP contribution in [0, 0.1) is 0 Å². The highest BCUT2D eigenvalue weighted by Gasteiger charge is 2.45. The van der Waals surface area contributed by atoms with Crippen LogP contribution in [-0.2, 0) is 11.4 Å². The van der Waals surface area contributed by atoms with Gasteiger partial charge in [0.25, 0.3) is 0 Å². The fraction of sp³-hybridized carbons (Fsp3) is 0.182. The Labute approximate surface area is 100 Å². The molecule has 2 N–H and O–H groups in total. The van der Waals surface area contributed by atoms with E-state index in [9.17, 15) is 5.11 Å². The van der Waals surface area contributed by atoms with Gasteiger partial charge in [0, 0.05) is 17.7 Å². The molecule has 4 heteroatoms. The number of halogens is 1. The molecule has 2 rings (SSSR count). The molecule has 1 aromatic rings. The van der Waals surface area contributed by atoms with Gasteiger partial charge in [0.15, 0.2) is 6.29 Å². The SMILES string of the molecule is [O-]C([OH2+])C1(Br)C=CC(c2ccccc2)=[S+]1. The maximum absolute atomic E-state index is 11.2.